The van der Waals surface area contributed by atoms with Crippen LogP contribution in [-0.4, -0.2) is 38.3 Å². The Morgan fingerprint density at radius 1 is 1.33 bits per heavy atom. The van der Waals surface area contributed by atoms with Gasteiger partial charge in [0.2, 0.25) is 0 Å². The van der Waals surface area contributed by atoms with Gasteiger partial charge in [-0.3, -0.25) is 4.90 Å². The van der Waals surface area contributed by atoms with Crippen LogP contribution in [-0.2, 0) is 17.8 Å². The van der Waals surface area contributed by atoms with Crippen molar-refractivity contribution in [2.75, 3.05) is 27.3 Å². The molecule has 0 aliphatic heterocycles. The van der Waals surface area contributed by atoms with Gasteiger partial charge in [-0.15, -0.1) is 0 Å². The highest BCUT2D eigenvalue weighted by molar-refractivity contribution is 5.82. The summed E-state index contributed by atoms with van der Waals surface area (Å²) >= 11 is 0. The molecule has 0 fully saturated rings. The predicted octanol–water partition coefficient (Wildman–Crippen LogP) is 3.01. The van der Waals surface area contributed by atoms with Gasteiger partial charge in [0.15, 0.2) is 0 Å². The Bertz CT molecular complexity index is 565. The number of hydrogen-bond acceptors (Lipinski definition) is 4. The quantitative estimate of drug-likeness (QED) is 0.811. The van der Waals surface area contributed by atoms with Crippen LogP contribution in [0.4, 0.5) is 0 Å². The van der Waals surface area contributed by atoms with Crippen LogP contribution in [0.15, 0.2) is 28.7 Å². The third kappa shape index (κ3) is 3.64. The van der Waals surface area contributed by atoms with Crippen molar-refractivity contribution in [2.45, 2.75) is 33.0 Å². The van der Waals surface area contributed by atoms with Gasteiger partial charge in [-0.2, -0.15) is 0 Å². The summed E-state index contributed by atoms with van der Waals surface area (Å²) in [4.78, 5) is 2.38. The third-order valence-corrected chi connectivity index (χ3v) is 3.92. The molecule has 0 amide bonds. The first-order valence-corrected chi connectivity index (χ1v) is 7.58. The maximum atomic E-state index is 6.09. The van der Waals surface area contributed by atoms with E-state index in [-0.39, 0.29) is 0 Å². The summed E-state index contributed by atoms with van der Waals surface area (Å²) in [5.74, 6) is 1.05. The molecule has 1 heterocycles. The number of nitrogens with zero attached hydrogens (tertiary/aromatic N) is 1. The zero-order valence-corrected chi connectivity index (χ0v) is 13.5. The monoisotopic (exact) mass is 290 g/mol. The first kappa shape index (κ1) is 16.0. The minimum atomic E-state index is 0.371. The molecular formula is C17H26N2O2. The smallest absolute Gasteiger partial charge is 0.134 e. The first-order valence-electron chi connectivity index (χ1n) is 7.58. The van der Waals surface area contributed by atoms with Gasteiger partial charge < -0.3 is 14.5 Å². The molecule has 4 heteroatoms. The topological polar surface area (TPSA) is 37.6 Å². The maximum absolute atomic E-state index is 6.09. The summed E-state index contributed by atoms with van der Waals surface area (Å²) < 4.78 is 11.4. The van der Waals surface area contributed by atoms with E-state index >= 15 is 0 Å². The molecule has 0 spiro atoms. The number of furan rings is 1. The van der Waals surface area contributed by atoms with Crippen molar-refractivity contribution in [2.24, 2.45) is 0 Å². The average Bonchev–Trinajstić information content (AvgIpc) is 2.83. The lowest BCUT2D eigenvalue weighted by Gasteiger charge is -2.26. The molecular weight excluding hydrogens is 264 g/mol. The van der Waals surface area contributed by atoms with Gasteiger partial charge in [0.05, 0.1) is 13.2 Å². The second-order valence-corrected chi connectivity index (χ2v) is 5.40. The van der Waals surface area contributed by atoms with Crippen molar-refractivity contribution in [3.8, 4) is 0 Å². The van der Waals surface area contributed by atoms with E-state index in [1.807, 2.05) is 19.2 Å². The average molecular weight is 290 g/mol. The van der Waals surface area contributed by atoms with Crippen LogP contribution < -0.4 is 5.32 Å². The molecule has 0 aliphatic rings. The first-order chi connectivity index (χ1) is 10.2. The van der Waals surface area contributed by atoms with Gasteiger partial charge in [-0.25, -0.2) is 0 Å². The number of rotatable bonds is 8. The van der Waals surface area contributed by atoms with Crippen molar-refractivity contribution >= 4 is 11.0 Å². The highest BCUT2D eigenvalue weighted by Gasteiger charge is 2.18. The number of fused-ring (bicyclic) bond motifs is 1. The lowest BCUT2D eigenvalue weighted by Crippen LogP contribution is -2.35. The van der Waals surface area contributed by atoms with Crippen LogP contribution in [0.1, 0.15) is 25.2 Å². The fourth-order valence-corrected chi connectivity index (χ4v) is 2.76. The Labute approximate surface area is 127 Å². The van der Waals surface area contributed by atoms with Crippen LogP contribution in [0.25, 0.3) is 11.0 Å². The molecule has 0 bridgehead atoms. The second-order valence-electron chi connectivity index (χ2n) is 5.40. The van der Waals surface area contributed by atoms with Gasteiger partial charge in [-0.05, 0) is 26.6 Å². The Kier molecular flexibility index (Phi) is 5.79. The number of nitrogens with one attached hydrogen (secondary N) is 1. The maximum Gasteiger partial charge on any atom is 0.134 e. The van der Waals surface area contributed by atoms with Gasteiger partial charge in [0.1, 0.15) is 11.3 Å². The van der Waals surface area contributed by atoms with Crippen LogP contribution in [0.2, 0.25) is 0 Å². The molecule has 0 radical (unpaired) electrons. The summed E-state index contributed by atoms with van der Waals surface area (Å²) in [5, 5.41) is 4.45. The Morgan fingerprint density at radius 3 is 2.76 bits per heavy atom. The minimum Gasteiger partial charge on any atom is -0.459 e. The minimum absolute atomic E-state index is 0.371. The number of methoxy groups -OCH3 is 1. The van der Waals surface area contributed by atoms with Gasteiger partial charge in [-0.1, -0.05) is 25.1 Å². The number of hydrogen-bond donors (Lipinski definition) is 1. The van der Waals surface area contributed by atoms with E-state index in [2.05, 4.69) is 36.2 Å². The molecule has 0 saturated carbocycles. The fraction of sp³-hybridized carbons (Fsp3) is 0.529. The van der Waals surface area contributed by atoms with E-state index < -0.39 is 0 Å². The molecule has 1 unspecified atom stereocenters. The van der Waals surface area contributed by atoms with Gasteiger partial charge in [0.25, 0.3) is 0 Å². The molecule has 0 aliphatic carbocycles. The molecule has 1 N–H and O–H groups in total. The normalized spacial score (nSPS) is 13.2. The molecule has 1 aromatic carbocycles. The number of likely N-dealkylation sites (N-methyl/N-ethyl adjacent to an activating group) is 1. The van der Waals surface area contributed by atoms with E-state index in [0.717, 1.165) is 37.6 Å². The highest BCUT2D eigenvalue weighted by atomic mass is 16.5. The van der Waals surface area contributed by atoms with Crippen LogP contribution in [0, 0.1) is 0 Å². The number of ether oxygens (including phenoxy) is 1. The Hall–Kier alpha value is -1.36. The fourth-order valence-electron chi connectivity index (χ4n) is 2.76. The van der Waals surface area contributed by atoms with Crippen molar-refractivity contribution in [3.63, 3.8) is 0 Å². The molecule has 0 saturated heterocycles. The molecule has 21 heavy (non-hydrogen) atoms. The standard InChI is InChI=1S/C17H26N2O2/c1-5-19(13(2)12-20-4)11-17-15(10-18-3)14-8-6-7-9-16(14)21-17/h6-9,13,18H,5,10-12H2,1-4H3. The molecule has 1 atom stereocenters. The summed E-state index contributed by atoms with van der Waals surface area (Å²) in [6.07, 6.45) is 0. The van der Waals surface area contributed by atoms with E-state index in [9.17, 15) is 0 Å². The number of benzene rings is 1. The van der Waals surface area contributed by atoms with E-state index in [1.165, 1.54) is 10.9 Å². The molecule has 2 aromatic rings. The van der Waals surface area contributed by atoms with Crippen LogP contribution >= 0.6 is 0 Å². The van der Waals surface area contributed by atoms with Crippen molar-refractivity contribution in [1.82, 2.24) is 10.2 Å². The summed E-state index contributed by atoms with van der Waals surface area (Å²) in [5.41, 5.74) is 2.23. The predicted molar refractivity (Wildman–Crippen MR) is 86.4 cm³/mol. The van der Waals surface area contributed by atoms with Gasteiger partial charge >= 0.3 is 0 Å². The lowest BCUT2D eigenvalue weighted by molar-refractivity contribution is 0.0937. The summed E-state index contributed by atoms with van der Waals surface area (Å²) in [6, 6.07) is 8.61. The number of para-hydroxylation sites is 1. The van der Waals surface area contributed by atoms with Crippen molar-refractivity contribution < 1.29 is 9.15 Å². The molecule has 2 rings (SSSR count). The van der Waals surface area contributed by atoms with E-state index in [4.69, 9.17) is 9.15 Å². The zero-order chi connectivity index (χ0) is 15.2. The third-order valence-electron chi connectivity index (χ3n) is 3.92. The lowest BCUT2D eigenvalue weighted by atomic mass is 10.1. The summed E-state index contributed by atoms with van der Waals surface area (Å²) in [7, 11) is 3.72. The van der Waals surface area contributed by atoms with Crippen LogP contribution in [0.5, 0.6) is 0 Å². The van der Waals surface area contributed by atoms with Crippen LogP contribution in [0.3, 0.4) is 0 Å². The van der Waals surface area contributed by atoms with E-state index in [1.54, 1.807) is 7.11 Å². The molecule has 116 valence electrons. The van der Waals surface area contributed by atoms with Crippen molar-refractivity contribution in [3.05, 3.63) is 35.6 Å². The molecule has 4 nitrogen and oxygen atoms in total. The highest BCUT2D eigenvalue weighted by Crippen LogP contribution is 2.27. The van der Waals surface area contributed by atoms with Crippen molar-refractivity contribution in [1.29, 1.82) is 0 Å². The largest absolute Gasteiger partial charge is 0.459 e. The second kappa shape index (κ2) is 7.59. The SMILES string of the molecule is CCN(Cc1oc2ccccc2c1CNC)C(C)COC. The zero-order valence-electron chi connectivity index (χ0n) is 13.5. The Morgan fingerprint density at radius 2 is 2.10 bits per heavy atom. The Balaban J connectivity index is 2.29. The van der Waals surface area contributed by atoms with E-state index in [0.29, 0.717) is 6.04 Å². The summed E-state index contributed by atoms with van der Waals surface area (Å²) in [6.45, 7) is 7.70. The van der Waals surface area contributed by atoms with Gasteiger partial charge in [0, 0.05) is 30.6 Å². The molecule has 1 aromatic heterocycles.